The molecule has 4 rings (SSSR count). The van der Waals surface area contributed by atoms with Gasteiger partial charge in [0, 0.05) is 18.2 Å². The molecule has 0 saturated carbocycles. The van der Waals surface area contributed by atoms with Gasteiger partial charge in [-0.2, -0.15) is 5.26 Å². The minimum atomic E-state index is -0.284. The molecule has 144 valence electrons. The highest BCUT2D eigenvalue weighted by Crippen LogP contribution is 2.36. The van der Waals surface area contributed by atoms with E-state index in [0.717, 1.165) is 12.8 Å². The molecule has 2 amide bonds. The first-order chi connectivity index (χ1) is 13.6. The molecule has 1 aromatic carbocycles. The minimum Gasteiger partial charge on any atom is -0.371 e. The minimum absolute atomic E-state index is 0.0761. The number of amides is 2. The van der Waals surface area contributed by atoms with Crippen molar-refractivity contribution in [2.45, 2.75) is 18.4 Å². The Kier molecular flexibility index (Phi) is 4.84. The number of benzene rings is 1. The van der Waals surface area contributed by atoms with Crippen molar-refractivity contribution in [3.05, 3.63) is 53.4 Å². The monoisotopic (exact) mass is 380 g/mol. The molecule has 1 spiro atoms. The first kappa shape index (κ1) is 18.2. The molecular formula is C20H20N4O4. The van der Waals surface area contributed by atoms with Gasteiger partial charge in [-0.1, -0.05) is 11.2 Å². The summed E-state index contributed by atoms with van der Waals surface area (Å²) in [5.74, 6) is 0.0712. The Morgan fingerprint density at radius 2 is 2.21 bits per heavy atom. The Morgan fingerprint density at radius 3 is 2.89 bits per heavy atom. The predicted molar refractivity (Wildman–Crippen MR) is 97.3 cm³/mol. The van der Waals surface area contributed by atoms with Gasteiger partial charge >= 0.3 is 0 Å². The van der Waals surface area contributed by atoms with Crippen LogP contribution in [0.25, 0.3) is 0 Å². The molecule has 0 aliphatic carbocycles. The van der Waals surface area contributed by atoms with Crippen LogP contribution in [0.5, 0.6) is 0 Å². The number of nitrogens with zero attached hydrogens (tertiary/aromatic N) is 3. The van der Waals surface area contributed by atoms with E-state index >= 15 is 0 Å². The van der Waals surface area contributed by atoms with Crippen LogP contribution in [0.2, 0.25) is 0 Å². The summed E-state index contributed by atoms with van der Waals surface area (Å²) in [6, 6.07) is 10.3. The van der Waals surface area contributed by atoms with Gasteiger partial charge in [-0.3, -0.25) is 9.59 Å². The maximum absolute atomic E-state index is 12.6. The van der Waals surface area contributed by atoms with Crippen molar-refractivity contribution in [1.29, 1.82) is 5.26 Å². The lowest BCUT2D eigenvalue weighted by Gasteiger charge is -2.52. The Hall–Kier alpha value is -3.18. The van der Waals surface area contributed by atoms with Gasteiger partial charge in [0.05, 0.1) is 37.5 Å². The maximum atomic E-state index is 12.6. The summed E-state index contributed by atoms with van der Waals surface area (Å²) in [7, 11) is 0. The normalized spacial score (nSPS) is 20.2. The molecular weight excluding hydrogens is 360 g/mol. The highest BCUT2D eigenvalue weighted by Gasteiger charge is 2.48. The Morgan fingerprint density at radius 1 is 1.36 bits per heavy atom. The smallest absolute Gasteiger partial charge is 0.289 e. The lowest BCUT2D eigenvalue weighted by Crippen LogP contribution is -2.66. The predicted octanol–water partition coefficient (Wildman–Crippen LogP) is 1.60. The standard InChI is InChI=1S/C20H20N4O4/c21-9-14-2-1-3-16(8-14)19(26)24-12-20(13-24)6-4-15(11-27-20)10-22-18(25)17-5-7-23-28-17/h1-3,5,7-8,15H,4,6,10-13H2,(H,22,25). The van der Waals surface area contributed by atoms with Crippen LogP contribution in [0.1, 0.15) is 39.3 Å². The Labute approximate surface area is 162 Å². The summed E-state index contributed by atoms with van der Waals surface area (Å²) in [6.45, 7) is 2.17. The molecule has 3 heterocycles. The largest absolute Gasteiger partial charge is 0.371 e. The van der Waals surface area contributed by atoms with E-state index in [0.29, 0.717) is 37.4 Å². The molecule has 1 N–H and O–H groups in total. The molecule has 2 aliphatic rings. The molecule has 8 nitrogen and oxygen atoms in total. The topological polar surface area (TPSA) is 108 Å². The first-order valence-corrected chi connectivity index (χ1v) is 9.21. The zero-order valence-corrected chi connectivity index (χ0v) is 15.3. The third kappa shape index (κ3) is 3.62. The average molecular weight is 380 g/mol. The molecule has 1 unspecified atom stereocenters. The molecule has 0 bridgehead atoms. The van der Waals surface area contributed by atoms with Crippen LogP contribution in [0.3, 0.4) is 0 Å². The highest BCUT2D eigenvalue weighted by atomic mass is 16.5. The van der Waals surface area contributed by atoms with Gasteiger partial charge in [0.1, 0.15) is 5.60 Å². The molecule has 2 saturated heterocycles. The second-order valence-electron chi connectivity index (χ2n) is 7.34. The second kappa shape index (κ2) is 7.44. The number of carbonyl (C=O) groups is 2. The summed E-state index contributed by atoms with van der Waals surface area (Å²) in [5, 5.41) is 15.3. The summed E-state index contributed by atoms with van der Waals surface area (Å²) in [4.78, 5) is 26.2. The quantitative estimate of drug-likeness (QED) is 0.863. The number of hydrogen-bond donors (Lipinski definition) is 1. The van der Waals surface area contributed by atoms with Gasteiger partial charge in [-0.05, 0) is 37.0 Å². The fourth-order valence-electron chi connectivity index (χ4n) is 3.68. The number of aromatic nitrogens is 1. The average Bonchev–Trinajstić information content (AvgIpc) is 3.25. The van der Waals surface area contributed by atoms with Crippen LogP contribution in [0.4, 0.5) is 0 Å². The van der Waals surface area contributed by atoms with E-state index in [1.54, 1.807) is 29.2 Å². The van der Waals surface area contributed by atoms with Crippen molar-refractivity contribution in [1.82, 2.24) is 15.4 Å². The lowest BCUT2D eigenvalue weighted by atomic mass is 9.82. The van der Waals surface area contributed by atoms with Crippen molar-refractivity contribution in [2.24, 2.45) is 5.92 Å². The zero-order chi connectivity index (χ0) is 19.6. The Balaban J connectivity index is 1.24. The molecule has 8 heteroatoms. The van der Waals surface area contributed by atoms with E-state index in [4.69, 9.17) is 14.5 Å². The van der Waals surface area contributed by atoms with Crippen molar-refractivity contribution >= 4 is 11.8 Å². The molecule has 0 radical (unpaired) electrons. The number of carbonyl (C=O) groups excluding carboxylic acids is 2. The van der Waals surface area contributed by atoms with Gasteiger partial charge in [0.15, 0.2) is 0 Å². The van der Waals surface area contributed by atoms with Crippen LogP contribution < -0.4 is 5.32 Å². The lowest BCUT2D eigenvalue weighted by molar-refractivity contribution is -0.166. The summed E-state index contributed by atoms with van der Waals surface area (Å²) < 4.78 is 10.9. The van der Waals surface area contributed by atoms with E-state index < -0.39 is 0 Å². The third-order valence-electron chi connectivity index (χ3n) is 5.33. The van der Waals surface area contributed by atoms with Gasteiger partial charge in [-0.25, -0.2) is 0 Å². The summed E-state index contributed by atoms with van der Waals surface area (Å²) in [5.41, 5.74) is 0.719. The van der Waals surface area contributed by atoms with E-state index in [2.05, 4.69) is 16.5 Å². The number of rotatable bonds is 4. The first-order valence-electron chi connectivity index (χ1n) is 9.21. The number of nitriles is 1. The summed E-state index contributed by atoms with van der Waals surface area (Å²) >= 11 is 0. The van der Waals surface area contributed by atoms with Crippen molar-refractivity contribution < 1.29 is 18.8 Å². The van der Waals surface area contributed by atoms with E-state index in [1.165, 1.54) is 12.3 Å². The molecule has 1 aromatic heterocycles. The van der Waals surface area contributed by atoms with Gasteiger partial charge in [0.25, 0.3) is 11.8 Å². The van der Waals surface area contributed by atoms with Crippen molar-refractivity contribution in [3.63, 3.8) is 0 Å². The zero-order valence-electron chi connectivity index (χ0n) is 15.3. The molecule has 28 heavy (non-hydrogen) atoms. The van der Waals surface area contributed by atoms with Gasteiger partial charge < -0.3 is 19.5 Å². The van der Waals surface area contributed by atoms with E-state index in [1.807, 2.05) is 0 Å². The number of hydrogen-bond acceptors (Lipinski definition) is 6. The fourth-order valence-corrected chi connectivity index (χ4v) is 3.68. The van der Waals surface area contributed by atoms with Crippen LogP contribution >= 0.6 is 0 Å². The van der Waals surface area contributed by atoms with Crippen molar-refractivity contribution in [3.8, 4) is 6.07 Å². The third-order valence-corrected chi connectivity index (χ3v) is 5.33. The fraction of sp³-hybridized carbons (Fsp3) is 0.400. The molecule has 2 aliphatic heterocycles. The number of ether oxygens (including phenoxy) is 1. The number of nitrogens with one attached hydrogen (secondary N) is 1. The van der Waals surface area contributed by atoms with Crippen LogP contribution in [-0.4, -0.2) is 53.7 Å². The van der Waals surface area contributed by atoms with Crippen molar-refractivity contribution in [2.75, 3.05) is 26.2 Å². The van der Waals surface area contributed by atoms with Crippen LogP contribution in [0, 0.1) is 17.2 Å². The molecule has 2 aromatic rings. The maximum Gasteiger partial charge on any atom is 0.289 e. The SMILES string of the molecule is N#Cc1cccc(C(=O)N2CC3(CCC(CNC(=O)c4ccno4)CO3)C2)c1. The van der Waals surface area contributed by atoms with Crippen LogP contribution in [0.15, 0.2) is 41.1 Å². The highest BCUT2D eigenvalue weighted by molar-refractivity contribution is 5.95. The molecule has 1 atom stereocenters. The summed E-state index contributed by atoms with van der Waals surface area (Å²) in [6.07, 6.45) is 3.20. The van der Waals surface area contributed by atoms with Crippen LogP contribution in [-0.2, 0) is 4.74 Å². The van der Waals surface area contributed by atoms with Gasteiger partial charge in [-0.15, -0.1) is 0 Å². The second-order valence-corrected chi connectivity index (χ2v) is 7.34. The Bertz CT molecular complexity index is 903. The number of likely N-dealkylation sites (tertiary alicyclic amines) is 1. The van der Waals surface area contributed by atoms with Gasteiger partial charge in [0.2, 0.25) is 5.76 Å². The molecule has 2 fully saturated rings. The van der Waals surface area contributed by atoms with E-state index in [-0.39, 0.29) is 29.1 Å². The van der Waals surface area contributed by atoms with E-state index in [9.17, 15) is 9.59 Å².